The van der Waals surface area contributed by atoms with Crippen LogP contribution >= 0.6 is 39.1 Å². The van der Waals surface area contributed by atoms with Gasteiger partial charge in [-0.25, -0.2) is 4.79 Å². The van der Waals surface area contributed by atoms with Crippen LogP contribution in [0.25, 0.3) is 0 Å². The molecule has 0 aromatic heterocycles. The third-order valence-corrected chi connectivity index (χ3v) is 5.67. The molecule has 3 nitrogen and oxygen atoms in total. The second kappa shape index (κ2) is 7.41. The number of anilines is 1. The fraction of sp³-hybridized carbons (Fsp3) is 0.350. The number of carbonyl (C=O) groups excluding carboxylic acids is 1. The van der Waals surface area contributed by atoms with Crippen LogP contribution < -0.4 is 4.90 Å². The lowest BCUT2D eigenvalue weighted by Gasteiger charge is -2.38. The number of carbonyl (C=O) groups is 1. The van der Waals surface area contributed by atoms with Crippen LogP contribution in [0.3, 0.4) is 0 Å². The van der Waals surface area contributed by atoms with E-state index in [2.05, 4.69) is 15.9 Å². The third kappa shape index (κ3) is 4.19. The summed E-state index contributed by atoms with van der Waals surface area (Å²) in [6.07, 6.45) is 1.24. The highest BCUT2D eigenvalue weighted by Crippen LogP contribution is 2.42. The van der Waals surface area contributed by atoms with Crippen LogP contribution in [0.15, 0.2) is 40.9 Å². The molecule has 0 fully saturated rings. The van der Waals surface area contributed by atoms with Gasteiger partial charge in [-0.15, -0.1) is 0 Å². The van der Waals surface area contributed by atoms with Crippen molar-refractivity contribution in [3.05, 3.63) is 62.0 Å². The smallest absolute Gasteiger partial charge is 0.415 e. The molecule has 1 unspecified atom stereocenters. The molecule has 6 heteroatoms. The van der Waals surface area contributed by atoms with Crippen molar-refractivity contribution in [2.45, 2.75) is 45.3 Å². The molecule has 2 aromatic rings. The van der Waals surface area contributed by atoms with Gasteiger partial charge in [-0.3, -0.25) is 4.90 Å². The Hall–Kier alpha value is -1.23. The summed E-state index contributed by atoms with van der Waals surface area (Å²) >= 11 is 15.8. The lowest BCUT2D eigenvalue weighted by molar-refractivity contribution is 0.0560. The normalized spacial score (nSPS) is 17.0. The predicted molar refractivity (Wildman–Crippen MR) is 110 cm³/mol. The molecule has 0 saturated heterocycles. The molecule has 0 aliphatic carbocycles. The van der Waals surface area contributed by atoms with E-state index in [0.717, 1.165) is 34.1 Å². The summed E-state index contributed by atoms with van der Waals surface area (Å²) in [7, 11) is 0. The first-order valence-electron chi connectivity index (χ1n) is 8.41. The van der Waals surface area contributed by atoms with Crippen molar-refractivity contribution in [1.29, 1.82) is 0 Å². The number of aryl methyl sites for hydroxylation is 1. The van der Waals surface area contributed by atoms with Gasteiger partial charge in [0.05, 0.1) is 16.8 Å². The number of benzene rings is 2. The summed E-state index contributed by atoms with van der Waals surface area (Å²) in [5.74, 6) is 0. The van der Waals surface area contributed by atoms with Gasteiger partial charge in [-0.2, -0.15) is 0 Å². The van der Waals surface area contributed by atoms with Crippen LogP contribution in [-0.4, -0.2) is 11.7 Å². The molecule has 0 spiro atoms. The van der Waals surface area contributed by atoms with Crippen molar-refractivity contribution in [2.24, 2.45) is 0 Å². The highest BCUT2D eigenvalue weighted by molar-refractivity contribution is 9.10. The van der Waals surface area contributed by atoms with E-state index in [-0.39, 0.29) is 12.1 Å². The predicted octanol–water partition coefficient (Wildman–Crippen LogP) is 7.18. The van der Waals surface area contributed by atoms with E-state index >= 15 is 0 Å². The molecular formula is C20H20BrCl2NO2. The fourth-order valence-corrected chi connectivity index (χ4v) is 3.77. The van der Waals surface area contributed by atoms with Crippen LogP contribution in [0.5, 0.6) is 0 Å². The molecule has 3 rings (SSSR count). The van der Waals surface area contributed by atoms with Gasteiger partial charge >= 0.3 is 6.09 Å². The first kappa shape index (κ1) is 19.5. The van der Waals surface area contributed by atoms with Gasteiger partial charge in [-0.05, 0) is 84.9 Å². The molecule has 1 aliphatic heterocycles. The summed E-state index contributed by atoms with van der Waals surface area (Å²) in [4.78, 5) is 14.8. The molecule has 0 bridgehead atoms. The second-order valence-electron chi connectivity index (χ2n) is 7.35. The number of hydrogen-bond acceptors (Lipinski definition) is 2. The van der Waals surface area contributed by atoms with Crippen LogP contribution in [0, 0.1) is 0 Å². The monoisotopic (exact) mass is 455 g/mol. The Kier molecular flexibility index (Phi) is 5.57. The quantitative estimate of drug-likeness (QED) is 0.454. The van der Waals surface area contributed by atoms with Gasteiger partial charge < -0.3 is 4.74 Å². The minimum atomic E-state index is -0.580. The molecule has 138 valence electrons. The van der Waals surface area contributed by atoms with Crippen LogP contribution in [0.4, 0.5) is 10.5 Å². The van der Waals surface area contributed by atoms with Gasteiger partial charge in [0.15, 0.2) is 0 Å². The average molecular weight is 457 g/mol. The largest absolute Gasteiger partial charge is 0.443 e. The summed E-state index contributed by atoms with van der Waals surface area (Å²) < 4.78 is 6.45. The minimum absolute atomic E-state index is 0.123. The Bertz CT molecular complexity index is 831. The minimum Gasteiger partial charge on any atom is -0.443 e. The number of nitrogens with zero attached hydrogens (tertiary/aromatic N) is 1. The Morgan fingerprint density at radius 3 is 2.46 bits per heavy atom. The van der Waals surface area contributed by atoms with Crippen molar-refractivity contribution < 1.29 is 9.53 Å². The van der Waals surface area contributed by atoms with Crippen molar-refractivity contribution >= 4 is 50.9 Å². The van der Waals surface area contributed by atoms with E-state index in [9.17, 15) is 4.79 Å². The highest BCUT2D eigenvalue weighted by atomic mass is 79.9. The van der Waals surface area contributed by atoms with Gasteiger partial charge in [0.25, 0.3) is 0 Å². The summed E-state index contributed by atoms with van der Waals surface area (Å²) in [5.41, 5.74) is 2.30. The number of fused-ring (bicyclic) bond motifs is 1. The average Bonchev–Trinajstić information content (AvgIpc) is 2.54. The summed E-state index contributed by atoms with van der Waals surface area (Å²) in [6, 6.07) is 11.3. The maximum Gasteiger partial charge on any atom is 0.415 e. The SMILES string of the molecule is CC(C)(C)OC(=O)N1c2cc(Br)c(Cl)cc2CCC1c1ccc(Cl)cc1. The van der Waals surface area contributed by atoms with E-state index in [4.69, 9.17) is 27.9 Å². The summed E-state index contributed by atoms with van der Waals surface area (Å²) in [6.45, 7) is 5.60. The number of amides is 1. The zero-order valence-corrected chi connectivity index (χ0v) is 18.0. The first-order chi connectivity index (χ1) is 12.2. The number of halogens is 3. The number of rotatable bonds is 1. The zero-order chi connectivity index (χ0) is 19.1. The van der Waals surface area contributed by atoms with E-state index in [1.54, 1.807) is 4.90 Å². The molecule has 0 radical (unpaired) electrons. The standard InChI is InChI=1S/C20H20BrCl2NO2/c1-20(2,3)26-19(25)24-17(12-4-7-14(22)8-5-12)9-6-13-10-16(23)15(21)11-18(13)24/h4-5,7-8,10-11,17H,6,9H2,1-3H3. The van der Waals surface area contributed by atoms with Gasteiger partial charge in [0, 0.05) is 9.50 Å². The molecule has 1 heterocycles. The maximum absolute atomic E-state index is 13.1. The Morgan fingerprint density at radius 1 is 1.19 bits per heavy atom. The van der Waals surface area contributed by atoms with Crippen LogP contribution in [-0.2, 0) is 11.2 Å². The zero-order valence-electron chi connectivity index (χ0n) is 14.9. The van der Waals surface area contributed by atoms with E-state index in [1.807, 2.05) is 57.2 Å². The molecule has 0 saturated carbocycles. The lowest BCUT2D eigenvalue weighted by Crippen LogP contribution is -2.42. The van der Waals surface area contributed by atoms with Gasteiger partial charge in [-0.1, -0.05) is 35.3 Å². The van der Waals surface area contributed by atoms with Crippen molar-refractivity contribution in [2.75, 3.05) is 4.90 Å². The molecular weight excluding hydrogens is 437 g/mol. The molecule has 2 aromatic carbocycles. The van der Waals surface area contributed by atoms with E-state index in [1.165, 1.54) is 0 Å². The molecule has 1 atom stereocenters. The molecule has 1 aliphatic rings. The highest BCUT2D eigenvalue weighted by Gasteiger charge is 2.35. The van der Waals surface area contributed by atoms with Crippen LogP contribution in [0.1, 0.15) is 44.4 Å². The summed E-state index contributed by atoms with van der Waals surface area (Å²) in [5, 5.41) is 1.31. The maximum atomic E-state index is 13.1. The number of ether oxygens (including phenoxy) is 1. The van der Waals surface area contributed by atoms with Gasteiger partial charge in [0.1, 0.15) is 5.60 Å². The van der Waals surface area contributed by atoms with Crippen LogP contribution in [0.2, 0.25) is 10.0 Å². The lowest BCUT2D eigenvalue weighted by atomic mass is 9.91. The fourth-order valence-electron chi connectivity index (χ4n) is 3.13. The van der Waals surface area contributed by atoms with Crippen molar-refractivity contribution in [3.63, 3.8) is 0 Å². The topological polar surface area (TPSA) is 29.5 Å². The van der Waals surface area contributed by atoms with E-state index in [0.29, 0.717) is 10.0 Å². The Balaban J connectivity index is 2.08. The molecule has 0 N–H and O–H groups in total. The first-order valence-corrected chi connectivity index (χ1v) is 9.96. The Morgan fingerprint density at radius 2 is 1.85 bits per heavy atom. The van der Waals surface area contributed by atoms with Gasteiger partial charge in [0.2, 0.25) is 0 Å². The number of hydrogen-bond donors (Lipinski definition) is 0. The molecule has 26 heavy (non-hydrogen) atoms. The second-order valence-corrected chi connectivity index (χ2v) is 9.05. The van der Waals surface area contributed by atoms with E-state index < -0.39 is 5.60 Å². The third-order valence-electron chi connectivity index (χ3n) is 4.22. The van der Waals surface area contributed by atoms with Crippen molar-refractivity contribution in [3.8, 4) is 0 Å². The van der Waals surface area contributed by atoms with Crippen molar-refractivity contribution in [1.82, 2.24) is 0 Å². The molecule has 1 amide bonds. The Labute approximate surface area is 172 Å².